The van der Waals surface area contributed by atoms with Crippen LogP contribution in [-0.4, -0.2) is 0 Å². The van der Waals surface area contributed by atoms with Gasteiger partial charge in [0.25, 0.3) is 0 Å². The minimum atomic E-state index is -0.569. The van der Waals surface area contributed by atoms with E-state index in [1.807, 2.05) is 11.8 Å². The Morgan fingerprint density at radius 2 is 0.794 bits per heavy atom. The summed E-state index contributed by atoms with van der Waals surface area (Å²) < 4.78 is 0. The van der Waals surface area contributed by atoms with Crippen LogP contribution in [0.5, 0.6) is 0 Å². The highest BCUT2D eigenvalue weighted by molar-refractivity contribution is 7.99. The molecule has 11 aromatic carbocycles. The normalized spacial score (nSPS) is 15.5. The zero-order chi connectivity index (χ0) is 44.8. The van der Waals surface area contributed by atoms with E-state index in [9.17, 15) is 0 Å². The van der Waals surface area contributed by atoms with Crippen molar-refractivity contribution in [2.45, 2.75) is 20.6 Å². The lowest BCUT2D eigenvalue weighted by Crippen LogP contribution is -2.32. The Morgan fingerprint density at radius 3 is 1.46 bits per heavy atom. The van der Waals surface area contributed by atoms with Crippen molar-refractivity contribution in [1.29, 1.82) is 0 Å². The predicted octanol–water partition coefficient (Wildman–Crippen LogP) is 17.2. The molecule has 0 aromatic heterocycles. The minimum Gasteiger partial charge on any atom is -0.310 e. The van der Waals surface area contributed by atoms with Gasteiger partial charge in [-0.15, -0.1) is 0 Å². The molecule has 1 nitrogen and oxygen atoms in total. The van der Waals surface area contributed by atoms with E-state index in [1.165, 1.54) is 98.5 Å². The fourth-order valence-corrected chi connectivity index (χ4v) is 13.6. The van der Waals surface area contributed by atoms with Crippen molar-refractivity contribution in [2.75, 3.05) is 4.90 Å². The Balaban J connectivity index is 1.08. The van der Waals surface area contributed by atoms with Gasteiger partial charge in [-0.1, -0.05) is 230 Å². The van der Waals surface area contributed by atoms with Crippen molar-refractivity contribution in [3.05, 3.63) is 305 Å². The molecule has 0 bridgehead atoms. The molecule has 0 fully saturated rings. The molecule has 1 heterocycles. The Morgan fingerprint density at radius 1 is 0.309 bits per heavy atom. The topological polar surface area (TPSA) is 3.24 Å². The van der Waals surface area contributed by atoms with Gasteiger partial charge >= 0.3 is 0 Å². The monoisotopic (exact) mass is 881 g/mol. The molecule has 0 amide bonds. The maximum Gasteiger partial charge on any atom is 0.0742 e. The van der Waals surface area contributed by atoms with Crippen LogP contribution < -0.4 is 4.90 Å². The maximum atomic E-state index is 2.54. The van der Waals surface area contributed by atoms with Crippen LogP contribution in [0.1, 0.15) is 44.5 Å². The van der Waals surface area contributed by atoms with Crippen LogP contribution >= 0.6 is 11.8 Å². The fourth-order valence-electron chi connectivity index (χ4n) is 12.3. The van der Waals surface area contributed by atoms with Crippen molar-refractivity contribution in [3.63, 3.8) is 0 Å². The van der Waals surface area contributed by atoms with Crippen LogP contribution in [-0.2, 0) is 10.8 Å². The summed E-state index contributed by atoms with van der Waals surface area (Å²) in [6, 6.07) is 97.7. The molecule has 318 valence electrons. The number of hydrogen-bond donors (Lipinski definition) is 0. The van der Waals surface area contributed by atoms with Crippen LogP contribution in [0.25, 0.3) is 44.2 Å². The molecule has 1 unspecified atom stereocenters. The van der Waals surface area contributed by atoms with Crippen molar-refractivity contribution in [1.82, 2.24) is 0 Å². The van der Waals surface area contributed by atoms with Crippen LogP contribution in [0.3, 0.4) is 0 Å². The smallest absolute Gasteiger partial charge is 0.0742 e. The Bertz CT molecular complexity index is 3740. The van der Waals surface area contributed by atoms with Gasteiger partial charge in [-0.2, -0.15) is 0 Å². The molecule has 68 heavy (non-hydrogen) atoms. The Kier molecular flexibility index (Phi) is 8.72. The molecule has 0 N–H and O–H groups in total. The predicted molar refractivity (Wildman–Crippen MR) is 283 cm³/mol. The number of fused-ring (bicyclic) bond motifs is 14. The Labute approximate surface area is 401 Å². The molecular formula is C66H43NS. The zero-order valence-corrected chi connectivity index (χ0v) is 38.0. The first kappa shape index (κ1) is 39.0. The summed E-state index contributed by atoms with van der Waals surface area (Å²) in [4.78, 5) is 5.14. The quantitative estimate of drug-likeness (QED) is 0.164. The first-order chi connectivity index (χ1) is 33.7. The molecule has 2 heteroatoms. The molecule has 3 aliphatic rings. The summed E-state index contributed by atoms with van der Waals surface area (Å²) in [6.07, 6.45) is 0. The maximum absolute atomic E-state index is 2.54. The zero-order valence-electron chi connectivity index (χ0n) is 37.2. The lowest BCUT2D eigenvalue weighted by atomic mass is 9.66. The molecule has 1 spiro atoms. The van der Waals surface area contributed by atoms with Crippen LogP contribution in [0.2, 0.25) is 0 Å². The molecular weight excluding hydrogens is 839 g/mol. The van der Waals surface area contributed by atoms with Gasteiger partial charge in [-0.25, -0.2) is 0 Å². The van der Waals surface area contributed by atoms with Gasteiger partial charge in [0.1, 0.15) is 0 Å². The highest BCUT2D eigenvalue weighted by Gasteiger charge is 2.52. The number of nitrogens with zero attached hydrogens (tertiary/aromatic N) is 1. The summed E-state index contributed by atoms with van der Waals surface area (Å²) in [5.74, 6) is 0. The fraction of sp³-hybridized carbons (Fsp3) is 0.0303. The van der Waals surface area contributed by atoms with E-state index in [-0.39, 0.29) is 0 Å². The SMILES string of the molecule is c1ccc(-c2ccccc2N(c2ccc3c(c2)C(c2ccccc2)(c2ccccc2)c2ccccc2-3)c2ccc3c(c2)C2(c4ccccc4Sc4ccc5ccccc5c42)c2ccccc2-3)cc1. The van der Waals surface area contributed by atoms with Crippen LogP contribution in [0.4, 0.5) is 17.1 Å². The molecule has 11 aromatic rings. The van der Waals surface area contributed by atoms with Crippen LogP contribution in [0, 0.1) is 0 Å². The van der Waals surface area contributed by atoms with E-state index in [0.717, 1.165) is 17.1 Å². The third kappa shape index (κ3) is 5.41. The molecule has 0 saturated heterocycles. The van der Waals surface area contributed by atoms with Crippen molar-refractivity contribution >= 4 is 39.6 Å². The summed E-state index contributed by atoms with van der Waals surface area (Å²) in [5, 5.41) is 2.55. The first-order valence-corrected chi connectivity index (χ1v) is 24.4. The first-order valence-electron chi connectivity index (χ1n) is 23.6. The van der Waals surface area contributed by atoms with Gasteiger partial charge in [-0.05, 0) is 126 Å². The average Bonchev–Trinajstić information content (AvgIpc) is 3.87. The van der Waals surface area contributed by atoms with Crippen LogP contribution in [0.15, 0.2) is 271 Å². The van der Waals surface area contributed by atoms with E-state index < -0.39 is 10.8 Å². The van der Waals surface area contributed by atoms with E-state index in [1.54, 1.807) is 0 Å². The number of hydrogen-bond acceptors (Lipinski definition) is 2. The van der Waals surface area contributed by atoms with Gasteiger partial charge in [0.15, 0.2) is 0 Å². The average molecular weight is 882 g/mol. The summed E-state index contributed by atoms with van der Waals surface area (Å²) in [6.45, 7) is 0. The lowest BCUT2D eigenvalue weighted by molar-refractivity contribution is 0.730. The van der Waals surface area contributed by atoms with E-state index >= 15 is 0 Å². The number of benzene rings is 11. The standard InChI is InChI=1S/C66H43NS/c1-4-20-44(21-5-1)50-27-14-18-34-61(50)67(48-37-39-54-52-29-12-15-31-56(52)65(59(54)42-48,46-23-6-2-7-24-46)47-25-8-3-9-26-47)49-38-40-55-53-30-13-16-32-57(53)66(60(55)43-49)58-33-17-19-35-62(58)68-63-41-36-45-22-10-11-28-51(45)64(63)66/h1-43H. The summed E-state index contributed by atoms with van der Waals surface area (Å²) in [7, 11) is 0. The highest BCUT2D eigenvalue weighted by Crippen LogP contribution is 2.64. The van der Waals surface area contributed by atoms with Gasteiger partial charge in [0, 0.05) is 26.7 Å². The molecule has 2 aliphatic carbocycles. The van der Waals surface area contributed by atoms with Gasteiger partial charge in [-0.3, -0.25) is 0 Å². The lowest BCUT2D eigenvalue weighted by Gasteiger charge is -2.41. The second-order valence-corrected chi connectivity index (χ2v) is 19.3. The van der Waals surface area contributed by atoms with E-state index in [0.29, 0.717) is 0 Å². The van der Waals surface area contributed by atoms with Crippen molar-refractivity contribution in [3.8, 4) is 33.4 Å². The van der Waals surface area contributed by atoms with E-state index in [4.69, 9.17) is 0 Å². The largest absolute Gasteiger partial charge is 0.310 e. The van der Waals surface area contributed by atoms with Crippen molar-refractivity contribution < 1.29 is 0 Å². The minimum absolute atomic E-state index is 0.549. The molecule has 1 aliphatic heterocycles. The highest BCUT2D eigenvalue weighted by atomic mass is 32.2. The van der Waals surface area contributed by atoms with Gasteiger partial charge in [0.05, 0.1) is 16.5 Å². The summed E-state index contributed by atoms with van der Waals surface area (Å²) in [5.41, 5.74) is 20.1. The molecule has 14 rings (SSSR count). The summed E-state index contributed by atoms with van der Waals surface area (Å²) >= 11 is 1.90. The van der Waals surface area contributed by atoms with E-state index in [2.05, 4.69) is 266 Å². The third-order valence-electron chi connectivity index (χ3n) is 15.0. The number of rotatable bonds is 6. The molecule has 0 saturated carbocycles. The Hall–Kier alpha value is -8.17. The second-order valence-electron chi connectivity index (χ2n) is 18.3. The van der Waals surface area contributed by atoms with Gasteiger partial charge < -0.3 is 4.90 Å². The third-order valence-corrected chi connectivity index (χ3v) is 16.1. The molecule has 0 radical (unpaired) electrons. The second kappa shape index (κ2) is 15.2. The van der Waals surface area contributed by atoms with Crippen molar-refractivity contribution in [2.24, 2.45) is 0 Å². The number of anilines is 3. The number of para-hydroxylation sites is 1. The van der Waals surface area contributed by atoms with Gasteiger partial charge in [0.2, 0.25) is 0 Å². The molecule has 1 atom stereocenters.